The molecule has 1 saturated heterocycles. The van der Waals surface area contributed by atoms with E-state index in [1.165, 1.54) is 4.90 Å². The normalized spacial score (nSPS) is 15.7. The van der Waals surface area contributed by atoms with E-state index < -0.39 is 0 Å². The van der Waals surface area contributed by atoms with Gasteiger partial charge in [-0.25, -0.2) is 0 Å². The third-order valence-corrected chi connectivity index (χ3v) is 4.93. The minimum atomic E-state index is -0.300. The Bertz CT molecular complexity index is 891. The minimum Gasteiger partial charge on any atom is -0.497 e. The second-order valence-electron chi connectivity index (χ2n) is 5.86. The molecule has 3 rings (SSSR count). The molecule has 1 aliphatic rings. The van der Waals surface area contributed by atoms with Crippen molar-refractivity contribution in [3.63, 3.8) is 0 Å². The summed E-state index contributed by atoms with van der Waals surface area (Å²) < 4.78 is 10.6. The van der Waals surface area contributed by atoms with Gasteiger partial charge in [0.25, 0.3) is 11.1 Å². The molecule has 0 N–H and O–H groups in total. The van der Waals surface area contributed by atoms with E-state index in [1.807, 2.05) is 31.2 Å². The molecule has 0 spiro atoms. The van der Waals surface area contributed by atoms with Crippen LogP contribution in [0.2, 0.25) is 0 Å². The van der Waals surface area contributed by atoms with Crippen molar-refractivity contribution < 1.29 is 19.1 Å². The first-order chi connectivity index (χ1) is 12.5. The summed E-state index contributed by atoms with van der Waals surface area (Å²) in [6.07, 6.45) is 1.67. The number of thioether (sulfide) groups is 1. The van der Waals surface area contributed by atoms with Crippen molar-refractivity contribution in [1.29, 1.82) is 0 Å². The lowest BCUT2D eigenvalue weighted by molar-refractivity contribution is -0.123. The molecule has 5 nitrogen and oxygen atoms in total. The van der Waals surface area contributed by atoms with Crippen molar-refractivity contribution in [2.75, 3.05) is 14.2 Å². The Morgan fingerprint density at radius 2 is 1.88 bits per heavy atom. The number of amides is 2. The highest BCUT2D eigenvalue weighted by Gasteiger charge is 2.35. The summed E-state index contributed by atoms with van der Waals surface area (Å²) in [5, 5.41) is -0.274. The second-order valence-corrected chi connectivity index (χ2v) is 6.86. The van der Waals surface area contributed by atoms with E-state index >= 15 is 0 Å². The molecule has 0 aliphatic carbocycles. The van der Waals surface area contributed by atoms with E-state index in [1.54, 1.807) is 38.5 Å². The van der Waals surface area contributed by atoms with Gasteiger partial charge in [0.1, 0.15) is 11.5 Å². The summed E-state index contributed by atoms with van der Waals surface area (Å²) in [6, 6.07) is 13.1. The monoisotopic (exact) mass is 369 g/mol. The lowest BCUT2D eigenvalue weighted by Crippen LogP contribution is -2.27. The zero-order chi connectivity index (χ0) is 18.7. The largest absolute Gasteiger partial charge is 0.497 e. The summed E-state index contributed by atoms with van der Waals surface area (Å²) in [7, 11) is 3.13. The van der Waals surface area contributed by atoms with Gasteiger partial charge in [-0.15, -0.1) is 0 Å². The first-order valence-electron chi connectivity index (χ1n) is 8.04. The van der Waals surface area contributed by atoms with Gasteiger partial charge in [-0.2, -0.15) is 0 Å². The Labute approximate surface area is 156 Å². The molecule has 0 aromatic heterocycles. The Morgan fingerprint density at radius 3 is 2.58 bits per heavy atom. The number of ether oxygens (including phenoxy) is 2. The number of imide groups is 1. The molecule has 1 fully saturated rings. The van der Waals surface area contributed by atoms with Gasteiger partial charge < -0.3 is 9.47 Å². The van der Waals surface area contributed by atoms with Crippen LogP contribution in [0.25, 0.3) is 6.08 Å². The molecule has 2 aromatic carbocycles. The Balaban J connectivity index is 1.88. The summed E-state index contributed by atoms with van der Waals surface area (Å²) >= 11 is 0.935. The lowest BCUT2D eigenvalue weighted by atomic mass is 10.1. The van der Waals surface area contributed by atoms with Crippen molar-refractivity contribution in [1.82, 2.24) is 4.90 Å². The van der Waals surface area contributed by atoms with E-state index in [-0.39, 0.29) is 17.7 Å². The molecular weight excluding hydrogens is 350 g/mol. The number of aryl methyl sites for hydroxylation is 1. The molecule has 1 heterocycles. The van der Waals surface area contributed by atoms with Crippen LogP contribution in [0.3, 0.4) is 0 Å². The maximum Gasteiger partial charge on any atom is 0.293 e. The quantitative estimate of drug-likeness (QED) is 0.738. The molecule has 134 valence electrons. The van der Waals surface area contributed by atoms with Crippen molar-refractivity contribution in [2.24, 2.45) is 0 Å². The molecule has 2 aromatic rings. The minimum absolute atomic E-state index is 0.263. The number of carbonyl (C=O) groups excluding carboxylic acids is 2. The van der Waals surface area contributed by atoms with Crippen LogP contribution >= 0.6 is 11.8 Å². The van der Waals surface area contributed by atoms with Crippen LogP contribution in [0.15, 0.2) is 47.4 Å². The maximum absolute atomic E-state index is 12.7. The van der Waals surface area contributed by atoms with Crippen LogP contribution < -0.4 is 9.47 Å². The average molecular weight is 369 g/mol. The summed E-state index contributed by atoms with van der Waals surface area (Å²) in [6.45, 7) is 2.24. The van der Waals surface area contributed by atoms with Gasteiger partial charge in [0, 0.05) is 5.56 Å². The number of nitrogens with zero attached hydrogens (tertiary/aromatic N) is 1. The fourth-order valence-electron chi connectivity index (χ4n) is 2.72. The standard InChI is InChI=1S/C20H19NO4S/c1-13-5-4-6-14(9-13)12-21-19(22)18(26-20(21)23)11-15-10-16(24-2)7-8-17(15)25-3/h4-11H,12H2,1-3H3/b18-11+. The maximum atomic E-state index is 12.7. The smallest absolute Gasteiger partial charge is 0.293 e. The third kappa shape index (κ3) is 3.75. The van der Waals surface area contributed by atoms with Crippen molar-refractivity contribution >= 4 is 29.0 Å². The number of hydrogen-bond acceptors (Lipinski definition) is 5. The number of rotatable bonds is 5. The molecule has 2 amide bonds. The van der Waals surface area contributed by atoms with Crippen LogP contribution in [0.5, 0.6) is 11.5 Å². The molecule has 26 heavy (non-hydrogen) atoms. The molecule has 6 heteroatoms. The molecule has 0 unspecified atom stereocenters. The fourth-order valence-corrected chi connectivity index (χ4v) is 3.55. The van der Waals surface area contributed by atoms with E-state index in [4.69, 9.17) is 9.47 Å². The molecule has 1 aliphatic heterocycles. The zero-order valence-corrected chi connectivity index (χ0v) is 15.6. The lowest BCUT2D eigenvalue weighted by Gasteiger charge is -2.13. The van der Waals surface area contributed by atoms with Gasteiger partial charge in [0.2, 0.25) is 0 Å². The Hall–Kier alpha value is -2.73. The zero-order valence-electron chi connectivity index (χ0n) is 14.8. The van der Waals surface area contributed by atoms with Crippen molar-refractivity contribution in [3.05, 3.63) is 64.1 Å². The first kappa shape index (κ1) is 18.1. The molecule has 0 radical (unpaired) electrons. The van der Waals surface area contributed by atoms with E-state index in [0.29, 0.717) is 22.0 Å². The van der Waals surface area contributed by atoms with Gasteiger partial charge in [-0.3, -0.25) is 14.5 Å². The Morgan fingerprint density at radius 1 is 1.08 bits per heavy atom. The number of hydrogen-bond donors (Lipinski definition) is 0. The predicted molar refractivity (Wildman–Crippen MR) is 102 cm³/mol. The highest BCUT2D eigenvalue weighted by Crippen LogP contribution is 2.35. The molecular formula is C20H19NO4S. The van der Waals surface area contributed by atoms with Gasteiger partial charge in [-0.05, 0) is 48.5 Å². The van der Waals surface area contributed by atoms with E-state index in [9.17, 15) is 9.59 Å². The van der Waals surface area contributed by atoms with Crippen LogP contribution in [-0.2, 0) is 11.3 Å². The van der Waals surface area contributed by atoms with E-state index in [2.05, 4.69) is 0 Å². The SMILES string of the molecule is COc1ccc(OC)c(/C=C2/SC(=O)N(Cc3cccc(C)c3)C2=O)c1. The third-order valence-electron chi connectivity index (χ3n) is 4.02. The molecule has 0 atom stereocenters. The molecule has 0 saturated carbocycles. The fraction of sp³-hybridized carbons (Fsp3) is 0.200. The second kappa shape index (κ2) is 7.66. The van der Waals surface area contributed by atoms with Gasteiger partial charge >= 0.3 is 0 Å². The summed E-state index contributed by atoms with van der Waals surface area (Å²) in [5.74, 6) is 0.957. The van der Waals surface area contributed by atoms with Crippen molar-refractivity contribution in [2.45, 2.75) is 13.5 Å². The summed E-state index contributed by atoms with van der Waals surface area (Å²) in [5.41, 5.74) is 2.70. The van der Waals surface area contributed by atoms with Gasteiger partial charge in [0.15, 0.2) is 0 Å². The highest BCUT2D eigenvalue weighted by atomic mass is 32.2. The highest BCUT2D eigenvalue weighted by molar-refractivity contribution is 8.18. The van der Waals surface area contributed by atoms with Gasteiger partial charge in [0.05, 0.1) is 25.7 Å². The number of methoxy groups -OCH3 is 2. The number of benzene rings is 2. The van der Waals surface area contributed by atoms with Crippen LogP contribution in [-0.4, -0.2) is 30.3 Å². The summed E-state index contributed by atoms with van der Waals surface area (Å²) in [4.78, 5) is 26.7. The topological polar surface area (TPSA) is 55.8 Å². The number of carbonyl (C=O) groups is 2. The van der Waals surface area contributed by atoms with Crippen LogP contribution in [0, 0.1) is 6.92 Å². The van der Waals surface area contributed by atoms with E-state index in [0.717, 1.165) is 22.9 Å². The van der Waals surface area contributed by atoms with Crippen molar-refractivity contribution in [3.8, 4) is 11.5 Å². The first-order valence-corrected chi connectivity index (χ1v) is 8.86. The van der Waals surface area contributed by atoms with Gasteiger partial charge in [-0.1, -0.05) is 29.8 Å². The van der Waals surface area contributed by atoms with Crippen LogP contribution in [0.1, 0.15) is 16.7 Å². The Kier molecular flexibility index (Phi) is 5.32. The molecule has 0 bridgehead atoms. The van der Waals surface area contributed by atoms with Crippen LogP contribution in [0.4, 0.5) is 4.79 Å². The average Bonchev–Trinajstić information content (AvgIpc) is 2.89. The predicted octanol–water partition coefficient (Wildman–Crippen LogP) is 4.25.